The van der Waals surface area contributed by atoms with Crippen molar-refractivity contribution in [1.82, 2.24) is 4.90 Å². The minimum absolute atomic E-state index is 0.0206. The molecule has 0 fully saturated rings. The summed E-state index contributed by atoms with van der Waals surface area (Å²) in [5, 5.41) is 8.95. The second-order valence-corrected chi connectivity index (χ2v) is 4.47. The fourth-order valence-electron chi connectivity index (χ4n) is 1.65. The number of methoxy groups -OCH3 is 1. The summed E-state index contributed by atoms with van der Waals surface area (Å²) >= 11 is 0. The maximum absolute atomic E-state index is 12.2. The minimum Gasteiger partial charge on any atom is -0.463 e. The average Bonchev–Trinajstić information content (AvgIpc) is 2.67. The van der Waals surface area contributed by atoms with Gasteiger partial charge in [0.05, 0.1) is 13.7 Å². The van der Waals surface area contributed by atoms with Crippen LogP contribution >= 0.6 is 0 Å². The highest BCUT2D eigenvalue weighted by Crippen LogP contribution is 2.22. The lowest BCUT2D eigenvalue weighted by Gasteiger charge is -2.21. The van der Waals surface area contributed by atoms with Gasteiger partial charge in [-0.15, -0.1) is 0 Å². The zero-order valence-electron chi connectivity index (χ0n) is 11.3. The predicted octanol–water partition coefficient (Wildman–Crippen LogP) is 1.73. The SMILES string of the molecule is COC(=O)c1oc(CN(C)CC(O)C(F)(F)F)cc1C. The quantitative estimate of drug-likeness (QED) is 0.838. The lowest BCUT2D eigenvalue weighted by molar-refractivity contribution is -0.207. The molecular formula is C12H16F3NO4. The van der Waals surface area contributed by atoms with E-state index < -0.39 is 24.8 Å². The molecule has 1 N–H and O–H groups in total. The highest BCUT2D eigenvalue weighted by molar-refractivity contribution is 5.87. The molecule has 1 heterocycles. The van der Waals surface area contributed by atoms with Crippen LogP contribution in [0.15, 0.2) is 10.5 Å². The monoisotopic (exact) mass is 295 g/mol. The van der Waals surface area contributed by atoms with Gasteiger partial charge in [0.15, 0.2) is 6.10 Å². The number of aryl methyl sites for hydroxylation is 1. The van der Waals surface area contributed by atoms with Gasteiger partial charge in [0.2, 0.25) is 5.76 Å². The zero-order chi connectivity index (χ0) is 15.5. The van der Waals surface area contributed by atoms with Crippen LogP contribution in [0.5, 0.6) is 0 Å². The molecule has 1 unspecified atom stereocenters. The van der Waals surface area contributed by atoms with Gasteiger partial charge in [0.1, 0.15) is 5.76 Å². The van der Waals surface area contributed by atoms with Crippen LogP contribution in [0.2, 0.25) is 0 Å². The first-order valence-electron chi connectivity index (χ1n) is 5.76. The number of aliphatic hydroxyl groups is 1. The second kappa shape index (κ2) is 6.27. The van der Waals surface area contributed by atoms with Crippen LogP contribution in [0, 0.1) is 6.92 Å². The molecule has 114 valence electrons. The number of aliphatic hydroxyl groups excluding tert-OH is 1. The van der Waals surface area contributed by atoms with Gasteiger partial charge >= 0.3 is 12.1 Å². The molecule has 0 bridgehead atoms. The van der Waals surface area contributed by atoms with E-state index in [0.29, 0.717) is 11.3 Å². The van der Waals surface area contributed by atoms with E-state index in [1.807, 2.05) is 0 Å². The van der Waals surface area contributed by atoms with Crippen molar-refractivity contribution in [1.29, 1.82) is 0 Å². The van der Waals surface area contributed by atoms with Crippen molar-refractivity contribution in [3.8, 4) is 0 Å². The van der Waals surface area contributed by atoms with E-state index in [1.54, 1.807) is 13.0 Å². The van der Waals surface area contributed by atoms with E-state index in [0.717, 1.165) is 0 Å². The molecule has 0 amide bonds. The fraction of sp³-hybridized carbons (Fsp3) is 0.583. The van der Waals surface area contributed by atoms with Crippen LogP contribution in [0.25, 0.3) is 0 Å². The Labute approximate surface area is 113 Å². The minimum atomic E-state index is -4.66. The van der Waals surface area contributed by atoms with Crippen LogP contribution < -0.4 is 0 Å². The summed E-state index contributed by atoms with van der Waals surface area (Å²) in [6.45, 7) is 1.07. The van der Waals surface area contributed by atoms with Crippen LogP contribution in [0.4, 0.5) is 13.2 Å². The van der Waals surface area contributed by atoms with Crippen LogP contribution in [-0.2, 0) is 11.3 Å². The number of halogens is 3. The highest BCUT2D eigenvalue weighted by atomic mass is 19.4. The molecule has 1 atom stereocenters. The van der Waals surface area contributed by atoms with Crippen molar-refractivity contribution < 1.29 is 32.2 Å². The average molecular weight is 295 g/mol. The molecule has 0 saturated heterocycles. The lowest BCUT2D eigenvalue weighted by Crippen LogP contribution is -2.39. The van der Waals surface area contributed by atoms with E-state index in [-0.39, 0.29) is 12.3 Å². The molecule has 0 saturated carbocycles. The maximum atomic E-state index is 12.2. The standard InChI is InChI=1S/C12H16F3NO4/c1-7-4-8(20-10(7)11(18)19-3)5-16(2)6-9(17)12(13,14)15/h4,9,17H,5-6H2,1-3H3. The molecular weight excluding hydrogens is 279 g/mol. The molecule has 0 aliphatic heterocycles. The number of hydrogen-bond acceptors (Lipinski definition) is 5. The molecule has 1 aromatic rings. The van der Waals surface area contributed by atoms with Crippen LogP contribution in [-0.4, -0.2) is 49.0 Å². The summed E-state index contributed by atoms with van der Waals surface area (Å²) in [6.07, 6.45) is -7.09. The number of nitrogens with zero attached hydrogens (tertiary/aromatic N) is 1. The Morgan fingerprint density at radius 3 is 2.65 bits per heavy atom. The normalized spacial score (nSPS) is 13.6. The molecule has 20 heavy (non-hydrogen) atoms. The van der Waals surface area contributed by atoms with Crippen molar-refractivity contribution in [2.24, 2.45) is 0 Å². The largest absolute Gasteiger partial charge is 0.463 e. The molecule has 0 aromatic carbocycles. The summed E-state index contributed by atoms with van der Waals surface area (Å²) in [4.78, 5) is 12.6. The van der Waals surface area contributed by atoms with E-state index in [9.17, 15) is 18.0 Å². The fourth-order valence-corrected chi connectivity index (χ4v) is 1.65. The topological polar surface area (TPSA) is 62.9 Å². The number of alkyl halides is 3. The number of carbonyl (C=O) groups is 1. The molecule has 0 radical (unpaired) electrons. The van der Waals surface area contributed by atoms with Gasteiger partial charge in [0.25, 0.3) is 0 Å². The third kappa shape index (κ3) is 4.24. The van der Waals surface area contributed by atoms with Crippen molar-refractivity contribution in [3.05, 3.63) is 23.2 Å². The van der Waals surface area contributed by atoms with Gasteiger partial charge in [-0.25, -0.2) is 4.79 Å². The van der Waals surface area contributed by atoms with Gasteiger partial charge in [-0.2, -0.15) is 13.2 Å². The van der Waals surface area contributed by atoms with E-state index in [1.165, 1.54) is 19.1 Å². The first-order chi connectivity index (χ1) is 9.15. The molecule has 5 nitrogen and oxygen atoms in total. The van der Waals surface area contributed by atoms with Gasteiger partial charge in [-0.1, -0.05) is 0 Å². The lowest BCUT2D eigenvalue weighted by atomic mass is 10.2. The number of esters is 1. The van der Waals surface area contributed by atoms with E-state index in [2.05, 4.69) is 4.74 Å². The first kappa shape index (κ1) is 16.5. The van der Waals surface area contributed by atoms with Crippen molar-refractivity contribution in [2.75, 3.05) is 20.7 Å². The molecule has 0 aliphatic carbocycles. The summed E-state index contributed by atoms with van der Waals surface area (Å²) in [7, 11) is 2.61. The van der Waals surface area contributed by atoms with Gasteiger partial charge < -0.3 is 14.3 Å². The zero-order valence-corrected chi connectivity index (χ0v) is 11.3. The van der Waals surface area contributed by atoms with Crippen LogP contribution in [0.3, 0.4) is 0 Å². The Morgan fingerprint density at radius 1 is 1.55 bits per heavy atom. The smallest absolute Gasteiger partial charge is 0.415 e. The summed E-state index contributed by atoms with van der Waals surface area (Å²) in [6, 6.07) is 1.54. The van der Waals surface area contributed by atoms with Crippen molar-refractivity contribution in [2.45, 2.75) is 25.7 Å². The van der Waals surface area contributed by atoms with Gasteiger partial charge in [-0.3, -0.25) is 4.90 Å². The Hall–Kier alpha value is -1.54. The van der Waals surface area contributed by atoms with Gasteiger partial charge in [-0.05, 0) is 20.0 Å². The Balaban J connectivity index is 2.67. The molecule has 0 spiro atoms. The summed E-state index contributed by atoms with van der Waals surface area (Å²) in [5.74, 6) is -0.307. The summed E-state index contributed by atoms with van der Waals surface area (Å²) in [5.41, 5.74) is 0.539. The number of furan rings is 1. The number of carbonyl (C=O) groups excluding carboxylic acids is 1. The molecule has 1 aromatic heterocycles. The maximum Gasteiger partial charge on any atom is 0.415 e. The number of rotatable bonds is 5. The molecule has 8 heteroatoms. The van der Waals surface area contributed by atoms with Crippen molar-refractivity contribution in [3.63, 3.8) is 0 Å². The third-order valence-corrected chi connectivity index (χ3v) is 2.63. The van der Waals surface area contributed by atoms with Crippen molar-refractivity contribution >= 4 is 5.97 Å². The molecule has 0 aliphatic rings. The number of hydrogen-bond donors (Lipinski definition) is 1. The molecule has 1 rings (SSSR count). The predicted molar refractivity (Wildman–Crippen MR) is 63.2 cm³/mol. The first-order valence-corrected chi connectivity index (χ1v) is 5.76. The van der Waals surface area contributed by atoms with E-state index >= 15 is 0 Å². The Bertz CT molecular complexity index is 470. The van der Waals surface area contributed by atoms with Crippen LogP contribution in [0.1, 0.15) is 21.9 Å². The summed E-state index contributed by atoms with van der Waals surface area (Å²) < 4.78 is 46.4. The number of likely N-dealkylation sites (N-methyl/N-ethyl adjacent to an activating group) is 1. The van der Waals surface area contributed by atoms with E-state index in [4.69, 9.17) is 9.52 Å². The van der Waals surface area contributed by atoms with Gasteiger partial charge in [0, 0.05) is 12.1 Å². The Morgan fingerprint density at radius 2 is 2.15 bits per heavy atom. The third-order valence-electron chi connectivity index (χ3n) is 2.63. The highest BCUT2D eigenvalue weighted by Gasteiger charge is 2.38. The Kier molecular flexibility index (Phi) is 5.18. The number of ether oxygens (including phenoxy) is 1. The second-order valence-electron chi connectivity index (χ2n) is 4.47.